The van der Waals surface area contributed by atoms with E-state index < -0.39 is 21.9 Å². The fraction of sp³-hybridized carbons (Fsp3) is 0.750. The summed E-state index contributed by atoms with van der Waals surface area (Å²) in [7, 11) is -3.02. The highest BCUT2D eigenvalue weighted by atomic mass is 32.2. The number of rotatable bonds is 1. The lowest BCUT2D eigenvalue weighted by atomic mass is 9.89. The Balaban J connectivity index is 1.81. The minimum atomic E-state index is -4.18. The number of imidazole rings is 1. The number of halogens is 3. The topological polar surface area (TPSA) is 62.8 Å². The molecule has 2 unspecified atom stereocenters. The molecule has 1 N–H and O–H groups in total. The van der Waals surface area contributed by atoms with Crippen LogP contribution in [0.3, 0.4) is 0 Å². The standard InChI is InChI=1S/C12H15F3N2O2S/c13-12(14,15)8-1-2-9-10(5-8)17-11(16-9)7-3-4-20(18,19)6-7/h7-8H,1-6H2,(H,16,17). The van der Waals surface area contributed by atoms with Crippen LogP contribution in [0, 0.1) is 5.92 Å². The summed E-state index contributed by atoms with van der Waals surface area (Å²) >= 11 is 0. The highest BCUT2D eigenvalue weighted by Crippen LogP contribution is 2.37. The molecule has 1 aromatic heterocycles. The van der Waals surface area contributed by atoms with Gasteiger partial charge in [0.05, 0.1) is 23.1 Å². The number of aryl methyl sites for hydroxylation is 1. The maximum absolute atomic E-state index is 12.7. The van der Waals surface area contributed by atoms with Crippen molar-refractivity contribution in [3.63, 3.8) is 0 Å². The van der Waals surface area contributed by atoms with Gasteiger partial charge in [0.1, 0.15) is 5.82 Å². The summed E-state index contributed by atoms with van der Waals surface area (Å²) in [6, 6.07) is 0. The van der Waals surface area contributed by atoms with Crippen LogP contribution in [0.1, 0.15) is 36.0 Å². The number of nitrogens with zero attached hydrogens (tertiary/aromatic N) is 1. The fourth-order valence-electron chi connectivity index (χ4n) is 2.99. The molecule has 1 saturated heterocycles. The first-order valence-corrected chi connectivity index (χ1v) is 8.41. The number of aromatic nitrogens is 2. The van der Waals surface area contributed by atoms with Crippen LogP contribution in [0.5, 0.6) is 0 Å². The Kier molecular flexibility index (Phi) is 3.11. The average Bonchev–Trinajstić information content (AvgIpc) is 2.89. The molecule has 2 aliphatic rings. The number of nitrogens with one attached hydrogen (secondary N) is 1. The number of H-pyrrole nitrogens is 1. The highest BCUT2D eigenvalue weighted by molar-refractivity contribution is 7.91. The second-order valence-corrected chi connectivity index (χ2v) is 7.86. The molecule has 0 spiro atoms. The van der Waals surface area contributed by atoms with Gasteiger partial charge in [-0.15, -0.1) is 0 Å². The van der Waals surface area contributed by atoms with Crippen LogP contribution >= 0.6 is 0 Å². The first-order valence-electron chi connectivity index (χ1n) is 6.59. The van der Waals surface area contributed by atoms with Crippen molar-refractivity contribution in [2.45, 2.75) is 37.8 Å². The van der Waals surface area contributed by atoms with Gasteiger partial charge in [0, 0.05) is 18.0 Å². The number of alkyl halides is 3. The zero-order chi connectivity index (χ0) is 14.5. The SMILES string of the molecule is O=S1(=O)CCC(c2nc3c([nH]2)CC(C(F)(F)F)CC3)C1. The second-order valence-electron chi connectivity index (χ2n) is 5.63. The van der Waals surface area contributed by atoms with E-state index in [0.717, 1.165) is 0 Å². The summed E-state index contributed by atoms with van der Waals surface area (Å²) in [6.45, 7) is 0. The highest BCUT2D eigenvalue weighted by Gasteiger charge is 2.42. The van der Waals surface area contributed by atoms with Crippen molar-refractivity contribution < 1.29 is 21.6 Å². The Bertz CT molecular complexity index is 621. The molecule has 1 fully saturated rings. The molecule has 3 rings (SSSR count). The van der Waals surface area contributed by atoms with Crippen LogP contribution < -0.4 is 0 Å². The number of hydrogen-bond acceptors (Lipinski definition) is 3. The summed E-state index contributed by atoms with van der Waals surface area (Å²) in [6.07, 6.45) is -3.40. The molecule has 1 aliphatic heterocycles. The summed E-state index contributed by atoms with van der Waals surface area (Å²) in [5.74, 6) is -0.805. The van der Waals surface area contributed by atoms with Crippen molar-refractivity contribution in [3.8, 4) is 0 Å². The number of aromatic amines is 1. The van der Waals surface area contributed by atoms with Gasteiger partial charge in [0.2, 0.25) is 0 Å². The lowest BCUT2D eigenvalue weighted by Crippen LogP contribution is -2.28. The van der Waals surface area contributed by atoms with E-state index in [1.165, 1.54) is 0 Å². The Morgan fingerprint density at radius 3 is 2.60 bits per heavy atom. The van der Waals surface area contributed by atoms with Crippen molar-refractivity contribution in [1.29, 1.82) is 0 Å². The minimum absolute atomic E-state index is 0.0437. The maximum atomic E-state index is 12.7. The monoisotopic (exact) mass is 308 g/mol. The normalized spacial score (nSPS) is 29.4. The van der Waals surface area contributed by atoms with E-state index in [1.54, 1.807) is 0 Å². The Morgan fingerprint density at radius 2 is 2.00 bits per heavy atom. The first-order chi connectivity index (χ1) is 9.24. The number of hydrogen-bond donors (Lipinski definition) is 1. The lowest BCUT2D eigenvalue weighted by molar-refractivity contribution is -0.177. The second kappa shape index (κ2) is 4.47. The van der Waals surface area contributed by atoms with Gasteiger partial charge in [-0.1, -0.05) is 0 Å². The number of sulfone groups is 1. The summed E-state index contributed by atoms with van der Waals surface area (Å²) in [5.41, 5.74) is 1.20. The molecule has 0 amide bonds. The predicted molar refractivity (Wildman–Crippen MR) is 66.2 cm³/mol. The van der Waals surface area contributed by atoms with E-state index in [9.17, 15) is 21.6 Å². The van der Waals surface area contributed by atoms with Crippen LogP contribution in [-0.2, 0) is 22.7 Å². The lowest BCUT2D eigenvalue weighted by Gasteiger charge is -2.23. The molecule has 20 heavy (non-hydrogen) atoms. The molecule has 2 heterocycles. The molecule has 0 radical (unpaired) electrons. The van der Waals surface area contributed by atoms with E-state index >= 15 is 0 Å². The van der Waals surface area contributed by atoms with Crippen molar-refractivity contribution in [3.05, 3.63) is 17.2 Å². The molecule has 1 aromatic rings. The van der Waals surface area contributed by atoms with Gasteiger partial charge in [-0.2, -0.15) is 13.2 Å². The van der Waals surface area contributed by atoms with Gasteiger partial charge in [-0.25, -0.2) is 13.4 Å². The minimum Gasteiger partial charge on any atom is -0.345 e. The van der Waals surface area contributed by atoms with E-state index in [4.69, 9.17) is 0 Å². The quantitative estimate of drug-likeness (QED) is 0.863. The first kappa shape index (κ1) is 13.9. The third kappa shape index (κ3) is 2.57. The molecule has 0 bridgehead atoms. The maximum Gasteiger partial charge on any atom is 0.392 e. The molecule has 0 saturated carbocycles. The Labute approximate surface area is 114 Å². The molecule has 4 nitrogen and oxygen atoms in total. The predicted octanol–water partition coefficient (Wildman–Crippen LogP) is 1.98. The summed E-state index contributed by atoms with van der Waals surface area (Å²) < 4.78 is 61.1. The van der Waals surface area contributed by atoms with Crippen molar-refractivity contribution in [2.75, 3.05) is 11.5 Å². The molecule has 2 atom stereocenters. The summed E-state index contributed by atoms with van der Waals surface area (Å²) in [5, 5.41) is 0. The third-order valence-corrected chi connectivity index (χ3v) is 5.91. The van der Waals surface area contributed by atoms with Crippen LogP contribution in [0.4, 0.5) is 13.2 Å². The van der Waals surface area contributed by atoms with Crippen LogP contribution in [-0.4, -0.2) is 36.1 Å². The van der Waals surface area contributed by atoms with E-state index in [-0.39, 0.29) is 30.3 Å². The van der Waals surface area contributed by atoms with Crippen LogP contribution in [0.15, 0.2) is 0 Å². The van der Waals surface area contributed by atoms with Crippen molar-refractivity contribution >= 4 is 9.84 Å². The molecule has 8 heteroatoms. The van der Waals surface area contributed by atoms with Gasteiger partial charge < -0.3 is 4.98 Å². The third-order valence-electron chi connectivity index (χ3n) is 4.14. The van der Waals surface area contributed by atoms with Gasteiger partial charge in [0.25, 0.3) is 0 Å². The van der Waals surface area contributed by atoms with Gasteiger partial charge in [-0.3, -0.25) is 0 Å². The van der Waals surface area contributed by atoms with Crippen molar-refractivity contribution in [1.82, 2.24) is 9.97 Å². The number of fused-ring (bicyclic) bond motifs is 1. The van der Waals surface area contributed by atoms with Gasteiger partial charge >= 0.3 is 6.18 Å². The fourth-order valence-corrected chi connectivity index (χ4v) is 4.73. The van der Waals surface area contributed by atoms with E-state index in [2.05, 4.69) is 9.97 Å². The largest absolute Gasteiger partial charge is 0.392 e. The summed E-state index contributed by atoms with van der Waals surface area (Å²) in [4.78, 5) is 7.27. The van der Waals surface area contributed by atoms with Crippen LogP contribution in [0.2, 0.25) is 0 Å². The zero-order valence-corrected chi connectivity index (χ0v) is 11.5. The van der Waals surface area contributed by atoms with E-state index in [1.807, 2.05) is 0 Å². The Morgan fingerprint density at radius 1 is 1.25 bits per heavy atom. The average molecular weight is 308 g/mol. The molecule has 0 aromatic carbocycles. The molecule has 1 aliphatic carbocycles. The molecular formula is C12H15F3N2O2S. The van der Waals surface area contributed by atoms with E-state index in [0.29, 0.717) is 30.1 Å². The van der Waals surface area contributed by atoms with Crippen LogP contribution in [0.25, 0.3) is 0 Å². The Hall–Kier alpha value is -1.05. The van der Waals surface area contributed by atoms with Gasteiger partial charge in [0.15, 0.2) is 9.84 Å². The van der Waals surface area contributed by atoms with Crippen molar-refractivity contribution in [2.24, 2.45) is 5.92 Å². The molecular weight excluding hydrogens is 293 g/mol. The van der Waals surface area contributed by atoms with Gasteiger partial charge in [-0.05, 0) is 19.3 Å². The smallest absolute Gasteiger partial charge is 0.345 e. The molecule has 112 valence electrons. The zero-order valence-electron chi connectivity index (χ0n) is 10.7.